The van der Waals surface area contributed by atoms with Crippen molar-refractivity contribution in [3.63, 3.8) is 0 Å². The third-order valence-corrected chi connectivity index (χ3v) is 4.31. The first-order chi connectivity index (χ1) is 8.83. The fourth-order valence-corrected chi connectivity index (χ4v) is 3.18. The molecule has 2 heterocycles. The van der Waals surface area contributed by atoms with E-state index in [-0.39, 0.29) is 0 Å². The molecule has 0 aromatic heterocycles. The average molecular weight is 245 g/mol. The van der Waals surface area contributed by atoms with Gasteiger partial charge in [-0.1, -0.05) is 12.1 Å². The lowest BCUT2D eigenvalue weighted by atomic mass is 9.98. The zero-order valence-electron chi connectivity index (χ0n) is 11.1. The average Bonchev–Trinajstić information content (AvgIpc) is 2.90. The van der Waals surface area contributed by atoms with Crippen molar-refractivity contribution in [1.82, 2.24) is 9.80 Å². The van der Waals surface area contributed by atoms with Gasteiger partial charge < -0.3 is 10.6 Å². The predicted molar refractivity (Wildman–Crippen MR) is 75.5 cm³/mol. The fraction of sp³-hybridized carbons (Fsp3) is 0.600. The van der Waals surface area contributed by atoms with Crippen molar-refractivity contribution in [3.05, 3.63) is 29.3 Å². The zero-order chi connectivity index (χ0) is 12.4. The van der Waals surface area contributed by atoms with Gasteiger partial charge in [-0.05, 0) is 49.5 Å². The Labute approximate surface area is 110 Å². The van der Waals surface area contributed by atoms with E-state index >= 15 is 0 Å². The molecule has 3 heteroatoms. The van der Waals surface area contributed by atoms with E-state index in [2.05, 4.69) is 21.9 Å². The summed E-state index contributed by atoms with van der Waals surface area (Å²) < 4.78 is 0. The third-order valence-electron chi connectivity index (χ3n) is 4.31. The van der Waals surface area contributed by atoms with Crippen LogP contribution in [-0.2, 0) is 13.0 Å². The highest BCUT2D eigenvalue weighted by Crippen LogP contribution is 2.23. The molecule has 0 aliphatic carbocycles. The molecule has 3 nitrogen and oxygen atoms in total. The summed E-state index contributed by atoms with van der Waals surface area (Å²) in [4.78, 5) is 5.16. The topological polar surface area (TPSA) is 32.5 Å². The van der Waals surface area contributed by atoms with Crippen LogP contribution in [-0.4, -0.2) is 42.5 Å². The molecule has 1 fully saturated rings. The Morgan fingerprint density at radius 2 is 1.78 bits per heavy atom. The number of benzene rings is 1. The zero-order valence-corrected chi connectivity index (χ0v) is 11.1. The van der Waals surface area contributed by atoms with Crippen LogP contribution in [0.4, 0.5) is 5.69 Å². The summed E-state index contributed by atoms with van der Waals surface area (Å²) in [5.41, 5.74) is 9.83. The third kappa shape index (κ3) is 2.52. The van der Waals surface area contributed by atoms with Crippen LogP contribution < -0.4 is 5.73 Å². The largest absolute Gasteiger partial charge is 0.398 e. The molecule has 0 unspecified atom stereocenters. The fourth-order valence-electron chi connectivity index (χ4n) is 3.18. The minimum absolute atomic E-state index is 0.978. The van der Waals surface area contributed by atoms with Gasteiger partial charge in [0.15, 0.2) is 0 Å². The number of anilines is 1. The molecular formula is C15H23N3. The van der Waals surface area contributed by atoms with E-state index in [9.17, 15) is 0 Å². The summed E-state index contributed by atoms with van der Waals surface area (Å²) in [6, 6.07) is 6.34. The molecule has 0 amide bonds. The van der Waals surface area contributed by atoms with Gasteiger partial charge in [-0.3, -0.25) is 4.90 Å². The number of likely N-dealkylation sites (tertiary alicyclic amines) is 1. The van der Waals surface area contributed by atoms with Crippen molar-refractivity contribution in [3.8, 4) is 0 Å². The maximum absolute atomic E-state index is 6.03. The molecule has 0 spiro atoms. The summed E-state index contributed by atoms with van der Waals surface area (Å²) in [6.45, 7) is 7.28. The van der Waals surface area contributed by atoms with Crippen molar-refractivity contribution < 1.29 is 0 Å². The quantitative estimate of drug-likeness (QED) is 0.823. The number of rotatable bonds is 3. The lowest BCUT2D eigenvalue weighted by molar-refractivity contribution is 0.211. The molecule has 2 aliphatic heterocycles. The van der Waals surface area contributed by atoms with E-state index in [4.69, 9.17) is 5.73 Å². The molecule has 0 bridgehead atoms. The van der Waals surface area contributed by atoms with Crippen molar-refractivity contribution in [2.75, 3.05) is 38.5 Å². The Morgan fingerprint density at radius 3 is 2.61 bits per heavy atom. The van der Waals surface area contributed by atoms with E-state index in [1.165, 1.54) is 50.1 Å². The van der Waals surface area contributed by atoms with Crippen LogP contribution in [0.3, 0.4) is 0 Å². The minimum atomic E-state index is 0.978. The Hall–Kier alpha value is -1.06. The summed E-state index contributed by atoms with van der Waals surface area (Å²) in [6.07, 6.45) is 3.89. The molecule has 1 saturated heterocycles. The molecule has 0 atom stereocenters. The predicted octanol–water partition coefficient (Wildman–Crippen LogP) is 1.72. The maximum Gasteiger partial charge on any atom is 0.0350 e. The van der Waals surface area contributed by atoms with Crippen molar-refractivity contribution in [2.24, 2.45) is 0 Å². The van der Waals surface area contributed by atoms with E-state index in [0.717, 1.165) is 25.2 Å². The minimum Gasteiger partial charge on any atom is -0.398 e. The van der Waals surface area contributed by atoms with Crippen LogP contribution in [0.5, 0.6) is 0 Å². The van der Waals surface area contributed by atoms with Crippen LogP contribution in [0.2, 0.25) is 0 Å². The van der Waals surface area contributed by atoms with E-state index in [0.29, 0.717) is 0 Å². The van der Waals surface area contributed by atoms with Gasteiger partial charge >= 0.3 is 0 Å². The number of hydrogen-bond donors (Lipinski definition) is 1. The Morgan fingerprint density at radius 1 is 1.00 bits per heavy atom. The van der Waals surface area contributed by atoms with Gasteiger partial charge in [0.25, 0.3) is 0 Å². The van der Waals surface area contributed by atoms with Crippen LogP contribution in [0, 0.1) is 0 Å². The number of hydrogen-bond acceptors (Lipinski definition) is 3. The first-order valence-electron chi connectivity index (χ1n) is 7.14. The van der Waals surface area contributed by atoms with Crippen molar-refractivity contribution in [1.29, 1.82) is 0 Å². The lowest BCUT2D eigenvalue weighted by Crippen LogP contribution is -2.37. The first-order valence-corrected chi connectivity index (χ1v) is 7.14. The van der Waals surface area contributed by atoms with Crippen molar-refractivity contribution >= 4 is 5.69 Å². The van der Waals surface area contributed by atoms with Gasteiger partial charge in [0.1, 0.15) is 0 Å². The van der Waals surface area contributed by atoms with E-state index in [1.807, 2.05) is 6.07 Å². The number of nitrogens with two attached hydrogens (primary N) is 1. The van der Waals surface area contributed by atoms with E-state index < -0.39 is 0 Å². The summed E-state index contributed by atoms with van der Waals surface area (Å²) in [5, 5.41) is 0. The second kappa shape index (κ2) is 5.29. The molecule has 18 heavy (non-hydrogen) atoms. The number of nitrogen functional groups attached to an aromatic ring is 1. The monoisotopic (exact) mass is 245 g/mol. The maximum atomic E-state index is 6.03. The van der Waals surface area contributed by atoms with Gasteiger partial charge in [0.2, 0.25) is 0 Å². The van der Waals surface area contributed by atoms with Crippen LogP contribution in [0.1, 0.15) is 24.0 Å². The van der Waals surface area contributed by atoms with Gasteiger partial charge in [-0.2, -0.15) is 0 Å². The number of nitrogens with zero attached hydrogens (tertiary/aromatic N) is 2. The first kappa shape index (κ1) is 12.0. The molecule has 2 aliphatic rings. The second-order valence-electron chi connectivity index (χ2n) is 5.56. The molecular weight excluding hydrogens is 222 g/mol. The molecule has 0 radical (unpaired) electrons. The van der Waals surface area contributed by atoms with Crippen LogP contribution >= 0.6 is 0 Å². The Bertz CT molecular complexity index is 410. The Kier molecular flexibility index (Phi) is 3.52. The highest BCUT2D eigenvalue weighted by Gasteiger charge is 2.19. The SMILES string of the molecule is Nc1cccc2c1CCN(CCN1CCCC1)C2. The Balaban J connectivity index is 1.57. The molecule has 3 rings (SSSR count). The summed E-state index contributed by atoms with van der Waals surface area (Å²) in [7, 11) is 0. The highest BCUT2D eigenvalue weighted by atomic mass is 15.2. The molecule has 1 aromatic rings. The van der Waals surface area contributed by atoms with Crippen LogP contribution in [0.15, 0.2) is 18.2 Å². The van der Waals surface area contributed by atoms with E-state index in [1.54, 1.807) is 0 Å². The molecule has 0 saturated carbocycles. The second-order valence-corrected chi connectivity index (χ2v) is 5.56. The molecule has 1 aromatic carbocycles. The summed E-state index contributed by atoms with van der Waals surface area (Å²) >= 11 is 0. The normalized spacial score (nSPS) is 21.1. The van der Waals surface area contributed by atoms with Crippen molar-refractivity contribution in [2.45, 2.75) is 25.8 Å². The van der Waals surface area contributed by atoms with Gasteiger partial charge in [-0.15, -0.1) is 0 Å². The van der Waals surface area contributed by atoms with Gasteiger partial charge in [0, 0.05) is 31.9 Å². The highest BCUT2D eigenvalue weighted by molar-refractivity contribution is 5.51. The van der Waals surface area contributed by atoms with Gasteiger partial charge in [0.05, 0.1) is 0 Å². The van der Waals surface area contributed by atoms with Crippen LogP contribution in [0.25, 0.3) is 0 Å². The smallest absolute Gasteiger partial charge is 0.0350 e. The summed E-state index contributed by atoms with van der Waals surface area (Å²) in [5.74, 6) is 0. The number of fused-ring (bicyclic) bond motifs is 1. The lowest BCUT2D eigenvalue weighted by Gasteiger charge is -2.30. The standard InChI is InChI=1S/C15H23N3/c16-15-5-3-4-13-12-18(9-6-14(13)15)11-10-17-7-1-2-8-17/h3-5H,1-2,6-12,16H2. The van der Waals surface area contributed by atoms with Gasteiger partial charge in [-0.25, -0.2) is 0 Å². The molecule has 98 valence electrons. The molecule has 2 N–H and O–H groups in total.